The van der Waals surface area contributed by atoms with E-state index in [0.717, 1.165) is 38.1 Å². The van der Waals surface area contributed by atoms with Gasteiger partial charge < -0.3 is 22.1 Å². The van der Waals surface area contributed by atoms with Crippen LogP contribution in [0.2, 0.25) is 0 Å². The average molecular weight is 342 g/mol. The van der Waals surface area contributed by atoms with Crippen molar-refractivity contribution < 1.29 is 13.2 Å². The Labute approximate surface area is 138 Å². The number of nitrogens with two attached hydrogens (primary N) is 3. The molecule has 0 unspecified atom stereocenters. The molecule has 24 heavy (non-hydrogen) atoms. The van der Waals surface area contributed by atoms with Gasteiger partial charge in [0.15, 0.2) is 5.96 Å². The second-order valence-electron chi connectivity index (χ2n) is 5.88. The Hall–Kier alpha value is -2.45. The van der Waals surface area contributed by atoms with Gasteiger partial charge in [-0.1, -0.05) is 6.92 Å². The third-order valence-electron chi connectivity index (χ3n) is 3.91. The number of rotatable bonds is 2. The Morgan fingerprint density at radius 2 is 1.79 bits per heavy atom. The van der Waals surface area contributed by atoms with Crippen molar-refractivity contribution in [3.8, 4) is 0 Å². The van der Waals surface area contributed by atoms with E-state index in [2.05, 4.69) is 16.9 Å². The highest BCUT2D eigenvalue weighted by Crippen LogP contribution is 2.38. The Morgan fingerprint density at radius 3 is 2.33 bits per heavy atom. The fourth-order valence-electron chi connectivity index (χ4n) is 2.59. The zero-order chi connectivity index (χ0) is 17.9. The molecule has 0 bridgehead atoms. The van der Waals surface area contributed by atoms with Gasteiger partial charge in [-0.05, 0) is 37.0 Å². The first-order chi connectivity index (χ1) is 11.2. The van der Waals surface area contributed by atoms with Crippen LogP contribution in [-0.4, -0.2) is 25.0 Å². The normalized spacial score (nSPS) is 17.0. The maximum absolute atomic E-state index is 13.0. The highest BCUT2D eigenvalue weighted by molar-refractivity contribution is 5.94. The van der Waals surface area contributed by atoms with Gasteiger partial charge in [0, 0.05) is 13.1 Å². The molecule has 132 valence electrons. The predicted molar refractivity (Wildman–Crippen MR) is 89.1 cm³/mol. The van der Waals surface area contributed by atoms with E-state index in [4.69, 9.17) is 17.2 Å². The second kappa shape index (κ2) is 6.98. The van der Waals surface area contributed by atoms with Gasteiger partial charge in [0.25, 0.3) is 0 Å². The van der Waals surface area contributed by atoms with Crippen molar-refractivity contribution in [2.75, 3.05) is 18.0 Å². The number of aliphatic imine (C=N–C) groups is 2. The molecule has 1 saturated heterocycles. The monoisotopic (exact) mass is 342 g/mol. The topological polar surface area (TPSA) is 106 Å². The fourth-order valence-corrected chi connectivity index (χ4v) is 2.59. The van der Waals surface area contributed by atoms with E-state index in [1.165, 1.54) is 6.07 Å². The van der Waals surface area contributed by atoms with Crippen molar-refractivity contribution in [3.05, 3.63) is 23.8 Å². The number of anilines is 1. The highest BCUT2D eigenvalue weighted by Gasteiger charge is 2.31. The van der Waals surface area contributed by atoms with Crippen LogP contribution in [0.1, 0.15) is 25.3 Å². The van der Waals surface area contributed by atoms with Gasteiger partial charge in [0.2, 0.25) is 5.96 Å². The molecule has 2 rings (SSSR count). The third kappa shape index (κ3) is 4.53. The number of nitrogens with zero attached hydrogens (tertiary/aromatic N) is 3. The van der Waals surface area contributed by atoms with Gasteiger partial charge in [-0.3, -0.25) is 0 Å². The minimum Gasteiger partial charge on any atom is -0.370 e. The van der Waals surface area contributed by atoms with Crippen molar-refractivity contribution in [2.24, 2.45) is 33.1 Å². The molecule has 0 aliphatic carbocycles. The molecule has 0 amide bonds. The molecular formula is C15H21F3N6. The van der Waals surface area contributed by atoms with E-state index in [1.54, 1.807) is 0 Å². The first-order valence-electron chi connectivity index (χ1n) is 7.57. The Kier molecular flexibility index (Phi) is 5.20. The summed E-state index contributed by atoms with van der Waals surface area (Å²) in [6.07, 6.45) is -2.54. The standard InChI is InChI=1S/C15H21F3N6/c1-9-4-6-24(7-5-9)12-3-2-10(15(16,17)18)8-11(12)22-14(21)23-13(19)20/h2-3,8-9H,4-7H2,1H3,(H6,19,20,21,22,23). The summed E-state index contributed by atoms with van der Waals surface area (Å²) in [7, 11) is 0. The second-order valence-corrected chi connectivity index (χ2v) is 5.88. The molecule has 9 heteroatoms. The molecule has 0 radical (unpaired) electrons. The molecule has 1 aromatic carbocycles. The zero-order valence-corrected chi connectivity index (χ0v) is 13.3. The number of halogens is 3. The van der Waals surface area contributed by atoms with Crippen LogP contribution in [-0.2, 0) is 6.18 Å². The summed E-state index contributed by atoms with van der Waals surface area (Å²) >= 11 is 0. The van der Waals surface area contributed by atoms with E-state index < -0.39 is 11.7 Å². The van der Waals surface area contributed by atoms with Crippen molar-refractivity contribution in [3.63, 3.8) is 0 Å². The van der Waals surface area contributed by atoms with Crippen molar-refractivity contribution in [1.29, 1.82) is 0 Å². The molecule has 1 aliphatic rings. The van der Waals surface area contributed by atoms with Crippen LogP contribution in [0.3, 0.4) is 0 Å². The minimum absolute atomic E-state index is 0.0990. The molecule has 0 saturated carbocycles. The van der Waals surface area contributed by atoms with E-state index in [-0.39, 0.29) is 17.6 Å². The zero-order valence-electron chi connectivity index (χ0n) is 13.3. The Bertz CT molecular complexity index is 641. The van der Waals surface area contributed by atoms with E-state index in [9.17, 15) is 13.2 Å². The molecule has 0 atom stereocenters. The van der Waals surface area contributed by atoms with E-state index in [0.29, 0.717) is 11.6 Å². The average Bonchev–Trinajstić information content (AvgIpc) is 2.46. The number of benzene rings is 1. The lowest BCUT2D eigenvalue weighted by molar-refractivity contribution is -0.137. The molecular weight excluding hydrogens is 321 g/mol. The van der Waals surface area contributed by atoms with Crippen molar-refractivity contribution >= 4 is 23.3 Å². The minimum atomic E-state index is -4.47. The van der Waals surface area contributed by atoms with Gasteiger partial charge >= 0.3 is 6.18 Å². The molecule has 6 N–H and O–H groups in total. The summed E-state index contributed by atoms with van der Waals surface area (Å²) in [5.74, 6) is -0.00752. The van der Waals surface area contributed by atoms with Crippen molar-refractivity contribution in [2.45, 2.75) is 25.9 Å². The first-order valence-corrected chi connectivity index (χ1v) is 7.57. The lowest BCUT2D eigenvalue weighted by Crippen LogP contribution is -2.33. The van der Waals surface area contributed by atoms with E-state index >= 15 is 0 Å². The van der Waals surface area contributed by atoms with Crippen LogP contribution >= 0.6 is 0 Å². The Morgan fingerprint density at radius 1 is 1.17 bits per heavy atom. The molecule has 1 aromatic rings. The molecule has 1 aliphatic heterocycles. The Balaban J connectivity index is 2.44. The molecule has 1 fully saturated rings. The summed E-state index contributed by atoms with van der Waals surface area (Å²) in [6.45, 7) is 3.65. The van der Waals surface area contributed by atoms with Gasteiger partial charge in [-0.2, -0.15) is 18.2 Å². The summed E-state index contributed by atoms with van der Waals surface area (Å²) in [4.78, 5) is 9.54. The maximum atomic E-state index is 13.0. The number of guanidine groups is 2. The number of alkyl halides is 3. The van der Waals surface area contributed by atoms with Crippen LogP contribution in [0.5, 0.6) is 0 Å². The van der Waals surface area contributed by atoms with Crippen LogP contribution in [0.4, 0.5) is 24.5 Å². The van der Waals surface area contributed by atoms with Crippen molar-refractivity contribution in [1.82, 2.24) is 0 Å². The maximum Gasteiger partial charge on any atom is 0.416 e. The molecule has 0 spiro atoms. The van der Waals surface area contributed by atoms with Gasteiger partial charge in [0.1, 0.15) is 0 Å². The quantitative estimate of drug-likeness (QED) is 0.565. The number of piperidine rings is 1. The van der Waals surface area contributed by atoms with Crippen LogP contribution in [0, 0.1) is 5.92 Å². The number of hydrogen-bond donors (Lipinski definition) is 3. The van der Waals surface area contributed by atoms with E-state index in [1.807, 2.05) is 4.90 Å². The van der Waals surface area contributed by atoms with Gasteiger partial charge in [0.05, 0.1) is 16.9 Å². The third-order valence-corrected chi connectivity index (χ3v) is 3.91. The lowest BCUT2D eigenvalue weighted by atomic mass is 9.98. The molecule has 1 heterocycles. The fraction of sp³-hybridized carbons (Fsp3) is 0.467. The first kappa shape index (κ1) is 17.9. The molecule has 6 nitrogen and oxygen atoms in total. The highest BCUT2D eigenvalue weighted by atomic mass is 19.4. The smallest absolute Gasteiger partial charge is 0.370 e. The van der Waals surface area contributed by atoms with Gasteiger partial charge in [-0.25, -0.2) is 4.99 Å². The van der Waals surface area contributed by atoms with Crippen LogP contribution < -0.4 is 22.1 Å². The predicted octanol–water partition coefficient (Wildman–Crippen LogP) is 2.16. The number of hydrogen-bond acceptors (Lipinski definition) is 2. The molecule has 0 aromatic heterocycles. The van der Waals surface area contributed by atoms with Gasteiger partial charge in [-0.15, -0.1) is 0 Å². The lowest BCUT2D eigenvalue weighted by Gasteiger charge is -2.33. The summed E-state index contributed by atoms with van der Waals surface area (Å²) in [6, 6.07) is 3.42. The summed E-state index contributed by atoms with van der Waals surface area (Å²) in [5, 5.41) is 0. The van der Waals surface area contributed by atoms with Crippen LogP contribution in [0.15, 0.2) is 28.2 Å². The SMILES string of the molecule is CC1CCN(c2ccc(C(F)(F)F)cc2N=C(N)N=C(N)N)CC1. The largest absolute Gasteiger partial charge is 0.416 e. The summed E-state index contributed by atoms with van der Waals surface area (Å²) in [5.41, 5.74) is 15.9. The van der Waals surface area contributed by atoms with Crippen LogP contribution in [0.25, 0.3) is 0 Å². The summed E-state index contributed by atoms with van der Waals surface area (Å²) < 4.78 is 38.9.